The molecule has 1 N–H and O–H groups in total. The number of allylic oxidation sites excluding steroid dienone is 1. The number of rotatable bonds is 9. The van der Waals surface area contributed by atoms with E-state index in [4.69, 9.17) is 28.2 Å². The number of carboxylic acids is 1. The molecule has 0 saturated heterocycles. The van der Waals surface area contributed by atoms with Crippen molar-refractivity contribution in [2.75, 3.05) is 0 Å². The van der Waals surface area contributed by atoms with Gasteiger partial charge in [-0.25, -0.2) is 0 Å². The standard InChI is InChI=1S/C34H29AsCl2N2O5S/c1-20-9-13-24(14-10-20)45(43,44)39-30-8-3-2-5-23(30)19-31(39)33(40)35-25(34(41)42)18-21-11-15-28-22(17-21)12-16-29(38-28)32-26(36)6-4-7-27(32)37/h2-9,11-13,15-17,19-20,24-25,35H,10,14,18H2,1H3,(H,41,42)/t20?,24?,25-/m0/s1. The van der Waals surface area contributed by atoms with Crippen LogP contribution in [0.2, 0.25) is 14.8 Å². The van der Waals surface area contributed by atoms with E-state index in [1.807, 2.05) is 37.3 Å². The van der Waals surface area contributed by atoms with Gasteiger partial charge in [0, 0.05) is 0 Å². The summed E-state index contributed by atoms with van der Waals surface area (Å²) in [7, 11) is -3.95. The summed E-state index contributed by atoms with van der Waals surface area (Å²) in [6.45, 7) is 2.04. The Morgan fingerprint density at radius 1 is 0.956 bits per heavy atom. The summed E-state index contributed by atoms with van der Waals surface area (Å²) in [4.78, 5) is 31.0. The molecule has 2 heterocycles. The van der Waals surface area contributed by atoms with Gasteiger partial charge in [-0.2, -0.15) is 0 Å². The first-order chi connectivity index (χ1) is 21.5. The van der Waals surface area contributed by atoms with Crippen molar-refractivity contribution in [3.8, 4) is 11.3 Å². The van der Waals surface area contributed by atoms with E-state index in [1.54, 1.807) is 60.7 Å². The van der Waals surface area contributed by atoms with E-state index >= 15 is 0 Å². The number of benzene rings is 3. The third-order valence-electron chi connectivity index (χ3n) is 8.11. The SMILES string of the molecule is CC1C=CC(S(=O)(=O)n2c(C(=O)[AsH][C@@H](Cc3ccc4nc(-c5c(Cl)cccc5Cl)ccc4c3)C(=O)O)cc3ccccc32)CC1. The molecule has 0 radical (unpaired) electrons. The van der Waals surface area contributed by atoms with E-state index in [2.05, 4.69) is 0 Å². The first kappa shape index (κ1) is 31.6. The first-order valence-electron chi connectivity index (χ1n) is 14.4. The van der Waals surface area contributed by atoms with Gasteiger partial charge < -0.3 is 0 Å². The Morgan fingerprint density at radius 2 is 1.71 bits per heavy atom. The number of pyridine rings is 1. The van der Waals surface area contributed by atoms with Gasteiger partial charge in [-0.1, -0.05) is 0 Å². The molecule has 1 aliphatic rings. The van der Waals surface area contributed by atoms with Crippen molar-refractivity contribution in [1.82, 2.24) is 8.96 Å². The van der Waals surface area contributed by atoms with Gasteiger partial charge >= 0.3 is 279 Å². The topological polar surface area (TPSA) is 106 Å². The molecule has 6 rings (SSSR count). The zero-order chi connectivity index (χ0) is 31.9. The number of carbonyl (C=O) groups is 2. The third-order valence-corrected chi connectivity index (χ3v) is 13.6. The Hall–Kier alpha value is -3.42. The zero-order valence-corrected chi connectivity index (χ0v) is 28.6. The molecular weight excluding hydrogens is 694 g/mol. The summed E-state index contributed by atoms with van der Waals surface area (Å²) < 4.78 is 27.6. The second-order valence-electron chi connectivity index (χ2n) is 11.3. The van der Waals surface area contributed by atoms with E-state index in [9.17, 15) is 23.1 Å². The van der Waals surface area contributed by atoms with Crippen molar-refractivity contribution in [2.24, 2.45) is 5.92 Å². The third kappa shape index (κ3) is 6.34. The van der Waals surface area contributed by atoms with Gasteiger partial charge in [0.2, 0.25) is 0 Å². The van der Waals surface area contributed by atoms with Crippen LogP contribution in [-0.4, -0.2) is 54.0 Å². The van der Waals surface area contributed by atoms with Gasteiger partial charge in [0.1, 0.15) is 0 Å². The Bertz CT molecular complexity index is 2090. The number of carboxylic acid groups (broad SMARTS) is 1. The maximum absolute atomic E-state index is 13.9. The normalized spacial score (nSPS) is 17.8. The van der Waals surface area contributed by atoms with Crippen LogP contribution in [0.5, 0.6) is 0 Å². The van der Waals surface area contributed by atoms with Crippen LogP contribution in [0.25, 0.3) is 33.1 Å². The minimum absolute atomic E-state index is 0.0305. The van der Waals surface area contributed by atoms with Crippen LogP contribution in [0.15, 0.2) is 91.0 Å². The fraction of sp³-hybridized carbons (Fsp3) is 0.206. The molecule has 0 aliphatic heterocycles. The molecule has 0 spiro atoms. The number of nitrogens with zero attached hydrogens (tertiary/aromatic N) is 2. The van der Waals surface area contributed by atoms with Crippen molar-refractivity contribution in [3.63, 3.8) is 0 Å². The Morgan fingerprint density at radius 3 is 2.42 bits per heavy atom. The second-order valence-corrected chi connectivity index (χ2v) is 17.1. The maximum atomic E-state index is 13.9. The van der Waals surface area contributed by atoms with E-state index in [0.717, 1.165) is 21.3 Å². The molecule has 230 valence electrons. The summed E-state index contributed by atoms with van der Waals surface area (Å²) in [6, 6.07) is 23.0. The van der Waals surface area contributed by atoms with E-state index in [1.165, 1.54) is 0 Å². The van der Waals surface area contributed by atoms with E-state index in [0.29, 0.717) is 44.1 Å². The Kier molecular flexibility index (Phi) is 8.95. The fourth-order valence-electron chi connectivity index (χ4n) is 5.73. The van der Waals surface area contributed by atoms with Crippen molar-refractivity contribution in [2.45, 2.75) is 36.1 Å². The zero-order valence-electron chi connectivity index (χ0n) is 24.2. The minimum atomic E-state index is -3.95. The summed E-state index contributed by atoms with van der Waals surface area (Å²) in [6.07, 6.45) is 4.93. The van der Waals surface area contributed by atoms with Crippen molar-refractivity contribution in [1.29, 1.82) is 0 Å². The Labute approximate surface area is 277 Å². The van der Waals surface area contributed by atoms with Crippen LogP contribution in [0.3, 0.4) is 0 Å². The van der Waals surface area contributed by atoms with Gasteiger partial charge in [-0.05, 0) is 0 Å². The van der Waals surface area contributed by atoms with Gasteiger partial charge in [0.15, 0.2) is 0 Å². The van der Waals surface area contributed by atoms with Crippen LogP contribution in [0.1, 0.15) is 35.8 Å². The number of hydrogen-bond donors (Lipinski definition) is 1. The van der Waals surface area contributed by atoms with Crippen LogP contribution in [0.4, 0.5) is 0 Å². The van der Waals surface area contributed by atoms with Gasteiger partial charge in [-0.15, -0.1) is 0 Å². The quantitative estimate of drug-likeness (QED) is 0.126. The van der Waals surface area contributed by atoms with E-state index < -0.39 is 46.3 Å². The molecule has 45 heavy (non-hydrogen) atoms. The molecule has 1 aliphatic carbocycles. The number of para-hydroxylation sites is 1. The van der Waals surface area contributed by atoms with E-state index in [-0.39, 0.29) is 18.0 Å². The molecule has 0 saturated carbocycles. The summed E-state index contributed by atoms with van der Waals surface area (Å²) >= 11 is 10.9. The van der Waals surface area contributed by atoms with Crippen molar-refractivity contribution >= 4 is 81.3 Å². The molecule has 4 atom stereocenters. The number of hydrogen-bond acceptors (Lipinski definition) is 5. The number of halogens is 2. The first-order valence-corrected chi connectivity index (χ1v) is 19.0. The number of fused-ring (bicyclic) bond motifs is 2. The number of aliphatic carboxylic acids is 1. The monoisotopic (exact) mass is 722 g/mol. The molecule has 0 bridgehead atoms. The van der Waals surface area contributed by atoms with Crippen molar-refractivity contribution in [3.05, 3.63) is 112 Å². The van der Waals surface area contributed by atoms with Crippen LogP contribution < -0.4 is 0 Å². The Balaban J connectivity index is 1.29. The van der Waals surface area contributed by atoms with Gasteiger partial charge in [0.05, 0.1) is 0 Å². The molecule has 7 nitrogen and oxygen atoms in total. The average molecular weight is 724 g/mol. The molecule has 11 heteroatoms. The van der Waals surface area contributed by atoms with Crippen LogP contribution in [-0.2, 0) is 21.2 Å². The molecule has 2 aromatic heterocycles. The molecular formula is C34H29AsCl2N2O5S. The second kappa shape index (κ2) is 12.8. The predicted molar refractivity (Wildman–Crippen MR) is 181 cm³/mol. The summed E-state index contributed by atoms with van der Waals surface area (Å²) in [5, 5.41) is 11.8. The molecule has 0 amide bonds. The van der Waals surface area contributed by atoms with Crippen molar-refractivity contribution < 1.29 is 23.1 Å². The average Bonchev–Trinajstić information content (AvgIpc) is 3.42. The molecule has 0 fully saturated rings. The number of aromatic nitrogens is 2. The predicted octanol–water partition coefficient (Wildman–Crippen LogP) is 7.39. The number of carbonyl (C=O) groups excluding carboxylic acids is 1. The molecule has 3 unspecified atom stereocenters. The summed E-state index contributed by atoms with van der Waals surface area (Å²) in [5.74, 6) is -0.796. The summed E-state index contributed by atoms with van der Waals surface area (Å²) in [5.41, 5.74) is 3.14. The molecule has 5 aromatic rings. The van der Waals surface area contributed by atoms with Crippen LogP contribution in [0, 0.1) is 5.92 Å². The fourth-order valence-corrected chi connectivity index (χ4v) is 10.7. The molecule has 3 aromatic carbocycles. The van der Waals surface area contributed by atoms with Gasteiger partial charge in [-0.3, -0.25) is 0 Å². The van der Waals surface area contributed by atoms with Gasteiger partial charge in [0.25, 0.3) is 0 Å². The van der Waals surface area contributed by atoms with Crippen LogP contribution >= 0.6 is 23.2 Å².